The molecule has 0 N–H and O–H groups in total. The van der Waals surface area contributed by atoms with E-state index in [0.29, 0.717) is 50.0 Å². The Labute approximate surface area is 236 Å². The number of amides is 2. The predicted octanol–water partition coefficient (Wildman–Crippen LogP) is 5.96. The predicted molar refractivity (Wildman–Crippen MR) is 153 cm³/mol. The second-order valence-electron chi connectivity index (χ2n) is 11.1. The fourth-order valence-corrected chi connectivity index (χ4v) is 4.60. The van der Waals surface area contributed by atoms with Crippen LogP contribution in [0.2, 0.25) is 0 Å². The Bertz CT molecular complexity index is 1250. The molecule has 4 rings (SSSR count). The van der Waals surface area contributed by atoms with Crippen molar-refractivity contribution in [3.63, 3.8) is 0 Å². The van der Waals surface area contributed by atoms with E-state index in [4.69, 9.17) is 14.2 Å². The Morgan fingerprint density at radius 3 is 2.25 bits per heavy atom. The Kier molecular flexibility index (Phi) is 9.64. The Morgan fingerprint density at radius 1 is 0.925 bits per heavy atom. The quantitative estimate of drug-likeness (QED) is 0.330. The smallest absolute Gasteiger partial charge is 0.410 e. The third kappa shape index (κ3) is 8.46. The first-order chi connectivity index (χ1) is 19.2. The summed E-state index contributed by atoms with van der Waals surface area (Å²) in [5.41, 5.74) is 2.09. The van der Waals surface area contributed by atoms with Crippen LogP contribution in [0.3, 0.4) is 0 Å². The van der Waals surface area contributed by atoms with E-state index in [1.165, 1.54) is 0 Å². The highest BCUT2D eigenvalue weighted by molar-refractivity contribution is 5.94. The van der Waals surface area contributed by atoms with Gasteiger partial charge in [-0.15, -0.1) is 0 Å². The van der Waals surface area contributed by atoms with E-state index in [2.05, 4.69) is 4.98 Å². The monoisotopic (exact) mass is 545 g/mol. The fraction of sp³-hybridized carbons (Fsp3) is 0.406. The average Bonchev–Trinajstić information content (AvgIpc) is 2.95. The normalized spacial score (nSPS) is 13.9. The first-order valence-corrected chi connectivity index (χ1v) is 13.7. The maximum absolute atomic E-state index is 13.5. The van der Waals surface area contributed by atoms with Crippen LogP contribution in [0.15, 0.2) is 73.1 Å². The van der Waals surface area contributed by atoms with E-state index >= 15 is 0 Å². The number of pyridine rings is 1. The van der Waals surface area contributed by atoms with E-state index in [1.54, 1.807) is 48.7 Å². The summed E-state index contributed by atoms with van der Waals surface area (Å²) >= 11 is 0. The van der Waals surface area contributed by atoms with Crippen LogP contribution < -0.4 is 9.47 Å². The van der Waals surface area contributed by atoms with Crippen LogP contribution in [0.1, 0.15) is 55.1 Å². The summed E-state index contributed by atoms with van der Waals surface area (Å²) in [5, 5.41) is 0. The summed E-state index contributed by atoms with van der Waals surface area (Å²) in [4.78, 5) is 33.6. The first-order valence-electron chi connectivity index (χ1n) is 13.7. The Hall–Kier alpha value is -4.07. The number of aromatic nitrogens is 1. The van der Waals surface area contributed by atoms with Crippen molar-refractivity contribution in [3.05, 3.63) is 89.7 Å². The van der Waals surface area contributed by atoms with Crippen molar-refractivity contribution in [2.45, 2.75) is 52.3 Å². The Morgan fingerprint density at radius 2 is 1.60 bits per heavy atom. The SMILES string of the molecule is COc1ccc(C(=O)N(Cc2ccncc2)Cc2cccc(OCC3CCN(C(=O)OC(C)(C)C)CC3)c2)cc1. The van der Waals surface area contributed by atoms with Gasteiger partial charge in [0.15, 0.2) is 0 Å². The van der Waals surface area contributed by atoms with E-state index in [0.717, 1.165) is 29.7 Å². The van der Waals surface area contributed by atoms with Gasteiger partial charge in [0.2, 0.25) is 0 Å². The van der Waals surface area contributed by atoms with Gasteiger partial charge in [0.25, 0.3) is 5.91 Å². The van der Waals surface area contributed by atoms with E-state index in [1.807, 2.05) is 62.1 Å². The van der Waals surface area contributed by atoms with Gasteiger partial charge in [-0.3, -0.25) is 9.78 Å². The fourth-order valence-electron chi connectivity index (χ4n) is 4.60. The van der Waals surface area contributed by atoms with Crippen molar-refractivity contribution in [1.82, 2.24) is 14.8 Å². The summed E-state index contributed by atoms with van der Waals surface area (Å²) in [5.74, 6) is 1.77. The topological polar surface area (TPSA) is 81.2 Å². The van der Waals surface area contributed by atoms with Crippen LogP contribution in [0.25, 0.3) is 0 Å². The molecule has 0 atom stereocenters. The summed E-state index contributed by atoms with van der Waals surface area (Å²) < 4.78 is 16.9. The minimum atomic E-state index is -0.491. The molecule has 40 heavy (non-hydrogen) atoms. The number of carbonyl (C=O) groups is 2. The molecule has 2 aromatic carbocycles. The number of hydrogen-bond donors (Lipinski definition) is 0. The van der Waals surface area contributed by atoms with Crippen LogP contribution in [0, 0.1) is 5.92 Å². The molecule has 0 bridgehead atoms. The van der Waals surface area contributed by atoms with Gasteiger partial charge in [0.05, 0.1) is 13.7 Å². The third-order valence-corrected chi connectivity index (χ3v) is 6.77. The molecule has 8 nitrogen and oxygen atoms in total. The first kappa shape index (κ1) is 28.9. The molecule has 1 aromatic heterocycles. The van der Waals surface area contributed by atoms with Gasteiger partial charge in [-0.1, -0.05) is 12.1 Å². The maximum Gasteiger partial charge on any atom is 0.410 e. The molecule has 1 saturated heterocycles. The zero-order valence-electron chi connectivity index (χ0n) is 23.8. The zero-order valence-corrected chi connectivity index (χ0v) is 23.8. The number of hydrogen-bond acceptors (Lipinski definition) is 6. The van der Waals surface area contributed by atoms with E-state index < -0.39 is 5.60 Å². The molecule has 3 aromatic rings. The highest BCUT2D eigenvalue weighted by Crippen LogP contribution is 2.23. The highest BCUT2D eigenvalue weighted by Gasteiger charge is 2.27. The number of carbonyl (C=O) groups excluding carboxylic acids is 2. The lowest BCUT2D eigenvalue weighted by molar-refractivity contribution is 0.0165. The molecule has 1 fully saturated rings. The van der Waals surface area contributed by atoms with Crippen LogP contribution in [-0.4, -0.2) is 59.2 Å². The maximum atomic E-state index is 13.5. The van der Waals surface area contributed by atoms with Crippen LogP contribution in [0.5, 0.6) is 11.5 Å². The molecule has 2 amide bonds. The molecule has 1 aliphatic rings. The van der Waals surface area contributed by atoms with Gasteiger partial charge in [-0.05, 0) is 99.2 Å². The lowest BCUT2D eigenvalue weighted by Gasteiger charge is -2.33. The summed E-state index contributed by atoms with van der Waals surface area (Å²) in [6, 6.07) is 18.9. The molecule has 0 spiro atoms. The number of nitrogens with zero attached hydrogens (tertiary/aromatic N) is 3. The van der Waals surface area contributed by atoms with Crippen molar-refractivity contribution in [1.29, 1.82) is 0 Å². The molecule has 8 heteroatoms. The van der Waals surface area contributed by atoms with Gasteiger partial charge in [0, 0.05) is 44.1 Å². The molecule has 212 valence electrons. The molecular weight excluding hydrogens is 506 g/mol. The summed E-state index contributed by atoms with van der Waals surface area (Å²) in [6.45, 7) is 8.44. The van der Waals surface area contributed by atoms with E-state index in [-0.39, 0.29) is 12.0 Å². The minimum Gasteiger partial charge on any atom is -0.497 e. The van der Waals surface area contributed by atoms with Gasteiger partial charge in [-0.25, -0.2) is 4.79 Å². The van der Waals surface area contributed by atoms with Crippen molar-refractivity contribution in [2.24, 2.45) is 5.92 Å². The molecule has 0 saturated carbocycles. The van der Waals surface area contributed by atoms with Crippen LogP contribution >= 0.6 is 0 Å². The van der Waals surface area contributed by atoms with Gasteiger partial charge in [0.1, 0.15) is 17.1 Å². The number of ether oxygens (including phenoxy) is 3. The summed E-state index contributed by atoms with van der Waals surface area (Å²) in [7, 11) is 1.61. The second-order valence-corrected chi connectivity index (χ2v) is 11.1. The number of piperidine rings is 1. The average molecular weight is 546 g/mol. The molecule has 0 aliphatic carbocycles. The van der Waals surface area contributed by atoms with Gasteiger partial charge in [-0.2, -0.15) is 0 Å². The molecule has 0 unspecified atom stereocenters. The van der Waals surface area contributed by atoms with Crippen LogP contribution in [0.4, 0.5) is 4.79 Å². The lowest BCUT2D eigenvalue weighted by Crippen LogP contribution is -2.42. The molecule has 1 aliphatic heterocycles. The highest BCUT2D eigenvalue weighted by atomic mass is 16.6. The third-order valence-electron chi connectivity index (χ3n) is 6.77. The molecular formula is C32H39N3O5. The zero-order chi connectivity index (χ0) is 28.5. The van der Waals surface area contributed by atoms with Crippen molar-refractivity contribution >= 4 is 12.0 Å². The number of rotatable bonds is 9. The van der Waals surface area contributed by atoms with Crippen LogP contribution in [-0.2, 0) is 17.8 Å². The number of benzene rings is 2. The van der Waals surface area contributed by atoms with Crippen molar-refractivity contribution in [2.75, 3.05) is 26.8 Å². The van der Waals surface area contributed by atoms with Crippen molar-refractivity contribution < 1.29 is 23.8 Å². The number of likely N-dealkylation sites (tertiary alicyclic amines) is 1. The molecule has 0 radical (unpaired) electrons. The number of methoxy groups -OCH3 is 1. The second kappa shape index (κ2) is 13.3. The largest absolute Gasteiger partial charge is 0.497 e. The molecule has 2 heterocycles. The van der Waals surface area contributed by atoms with E-state index in [9.17, 15) is 9.59 Å². The standard InChI is InChI=1S/C32H39N3O5/c1-32(2,3)40-31(37)34-18-14-25(15-19-34)23-39-29-7-5-6-26(20-29)22-35(21-24-12-16-33-17-13-24)30(36)27-8-10-28(38-4)11-9-27/h5-13,16-17,20,25H,14-15,18-19,21-23H2,1-4H3. The lowest BCUT2D eigenvalue weighted by atomic mass is 9.98. The Balaban J connectivity index is 1.37. The summed E-state index contributed by atoms with van der Waals surface area (Å²) in [6.07, 6.45) is 4.96. The minimum absolute atomic E-state index is 0.0671. The van der Waals surface area contributed by atoms with Gasteiger partial charge >= 0.3 is 6.09 Å². The van der Waals surface area contributed by atoms with Gasteiger partial charge < -0.3 is 24.0 Å². The van der Waals surface area contributed by atoms with Crippen molar-refractivity contribution in [3.8, 4) is 11.5 Å².